The van der Waals surface area contributed by atoms with Crippen molar-refractivity contribution in [3.05, 3.63) is 53.5 Å². The summed E-state index contributed by atoms with van der Waals surface area (Å²) in [5.41, 5.74) is 3.77. The number of benzene rings is 1. The molecular weight excluding hydrogens is 345 g/mol. The van der Waals surface area contributed by atoms with Crippen LogP contribution in [0.5, 0.6) is 0 Å². The Morgan fingerprint density at radius 3 is 2.36 bits per heavy atom. The molecule has 1 fully saturated rings. The predicted molar refractivity (Wildman–Crippen MR) is 117 cm³/mol. The number of unbranched alkanes of at least 4 members (excludes halogenated alkanes) is 3. The molecule has 0 unspecified atom stereocenters. The Hall–Kier alpha value is -1.70. The SMILES string of the molecule is CCCCCC1CCC(c2ccc(-c3ccc(CCCC)cc3F)nc2)CC1. The second-order valence-electron chi connectivity index (χ2n) is 8.61. The Morgan fingerprint density at radius 2 is 1.71 bits per heavy atom. The van der Waals surface area contributed by atoms with Crippen LogP contribution in [0.1, 0.15) is 95.1 Å². The van der Waals surface area contributed by atoms with Gasteiger partial charge in [0.1, 0.15) is 5.82 Å². The van der Waals surface area contributed by atoms with Crippen molar-refractivity contribution in [2.45, 2.75) is 90.4 Å². The molecule has 0 bridgehead atoms. The number of hydrogen-bond donors (Lipinski definition) is 0. The third-order valence-corrected chi connectivity index (χ3v) is 6.45. The number of aryl methyl sites for hydroxylation is 1. The lowest BCUT2D eigenvalue weighted by molar-refractivity contribution is 0.302. The van der Waals surface area contributed by atoms with Gasteiger partial charge in [0.15, 0.2) is 0 Å². The van der Waals surface area contributed by atoms with E-state index in [1.165, 1.54) is 56.9 Å². The monoisotopic (exact) mass is 381 g/mol. The quantitative estimate of drug-likeness (QED) is 0.400. The van der Waals surface area contributed by atoms with E-state index in [9.17, 15) is 4.39 Å². The van der Waals surface area contributed by atoms with E-state index in [2.05, 4.69) is 24.9 Å². The van der Waals surface area contributed by atoms with E-state index >= 15 is 0 Å². The van der Waals surface area contributed by atoms with E-state index in [0.717, 1.165) is 36.4 Å². The Morgan fingerprint density at radius 1 is 0.929 bits per heavy atom. The molecule has 0 radical (unpaired) electrons. The summed E-state index contributed by atoms with van der Waals surface area (Å²) in [7, 11) is 0. The van der Waals surface area contributed by atoms with Crippen LogP contribution >= 0.6 is 0 Å². The van der Waals surface area contributed by atoms with Gasteiger partial charge in [-0.25, -0.2) is 4.39 Å². The van der Waals surface area contributed by atoms with Crippen LogP contribution in [0.25, 0.3) is 11.3 Å². The van der Waals surface area contributed by atoms with Crippen molar-refractivity contribution in [3.63, 3.8) is 0 Å². The summed E-state index contributed by atoms with van der Waals surface area (Å²) >= 11 is 0. The summed E-state index contributed by atoms with van der Waals surface area (Å²) in [6, 6.07) is 9.80. The number of rotatable bonds is 9. The first kappa shape index (κ1) is 21.0. The van der Waals surface area contributed by atoms with Gasteiger partial charge in [-0.15, -0.1) is 0 Å². The number of nitrogens with zero attached hydrogens (tertiary/aromatic N) is 1. The molecule has 1 aliphatic carbocycles. The van der Waals surface area contributed by atoms with Crippen molar-refractivity contribution in [1.82, 2.24) is 4.98 Å². The third kappa shape index (κ3) is 5.65. The van der Waals surface area contributed by atoms with Crippen molar-refractivity contribution in [1.29, 1.82) is 0 Å². The highest BCUT2D eigenvalue weighted by Gasteiger charge is 2.22. The molecule has 2 heteroatoms. The summed E-state index contributed by atoms with van der Waals surface area (Å²) in [5, 5.41) is 0. The fourth-order valence-electron chi connectivity index (χ4n) is 4.58. The minimum Gasteiger partial charge on any atom is -0.256 e. The number of pyridine rings is 1. The van der Waals surface area contributed by atoms with E-state index in [4.69, 9.17) is 0 Å². The number of aromatic nitrogens is 1. The normalized spacial score (nSPS) is 19.7. The lowest BCUT2D eigenvalue weighted by atomic mass is 9.77. The maximum Gasteiger partial charge on any atom is 0.132 e. The summed E-state index contributed by atoms with van der Waals surface area (Å²) < 4.78 is 14.5. The lowest BCUT2D eigenvalue weighted by Gasteiger charge is -2.28. The second-order valence-corrected chi connectivity index (χ2v) is 8.61. The van der Waals surface area contributed by atoms with Gasteiger partial charge in [-0.1, -0.05) is 58.1 Å². The molecule has 0 N–H and O–H groups in total. The molecule has 2 aromatic rings. The fraction of sp³-hybridized carbons (Fsp3) is 0.577. The topological polar surface area (TPSA) is 12.9 Å². The molecule has 1 aromatic carbocycles. The van der Waals surface area contributed by atoms with Crippen LogP contribution in [-0.4, -0.2) is 4.98 Å². The Labute approximate surface area is 170 Å². The van der Waals surface area contributed by atoms with Crippen LogP contribution in [0.3, 0.4) is 0 Å². The van der Waals surface area contributed by atoms with Crippen molar-refractivity contribution in [3.8, 4) is 11.3 Å². The van der Waals surface area contributed by atoms with Crippen molar-refractivity contribution in [2.24, 2.45) is 5.92 Å². The van der Waals surface area contributed by atoms with Gasteiger partial charge >= 0.3 is 0 Å². The van der Waals surface area contributed by atoms with Gasteiger partial charge in [-0.3, -0.25) is 4.98 Å². The zero-order chi connectivity index (χ0) is 19.8. The van der Waals surface area contributed by atoms with Gasteiger partial charge in [0.25, 0.3) is 0 Å². The van der Waals surface area contributed by atoms with Crippen molar-refractivity contribution < 1.29 is 4.39 Å². The first-order valence-corrected chi connectivity index (χ1v) is 11.5. The van der Waals surface area contributed by atoms with E-state index in [1.807, 2.05) is 24.4 Å². The first-order chi connectivity index (χ1) is 13.7. The van der Waals surface area contributed by atoms with Gasteiger partial charge in [0, 0.05) is 11.8 Å². The second kappa shape index (κ2) is 10.7. The molecular formula is C26H36FN. The average molecular weight is 382 g/mol. The molecule has 0 aliphatic heterocycles. The smallest absolute Gasteiger partial charge is 0.132 e. The van der Waals surface area contributed by atoms with E-state index in [-0.39, 0.29) is 5.82 Å². The third-order valence-electron chi connectivity index (χ3n) is 6.45. The van der Waals surface area contributed by atoms with Crippen LogP contribution in [0.4, 0.5) is 4.39 Å². The molecule has 1 aromatic heterocycles. The maximum absolute atomic E-state index is 14.5. The van der Waals surface area contributed by atoms with Crippen LogP contribution in [-0.2, 0) is 6.42 Å². The Kier molecular flexibility index (Phi) is 8.06. The Balaban J connectivity index is 1.58. The minimum absolute atomic E-state index is 0.151. The molecule has 1 saturated carbocycles. The van der Waals surface area contributed by atoms with Crippen molar-refractivity contribution >= 4 is 0 Å². The minimum atomic E-state index is -0.151. The van der Waals surface area contributed by atoms with E-state index in [1.54, 1.807) is 6.07 Å². The molecule has 0 saturated heterocycles. The van der Waals surface area contributed by atoms with Crippen LogP contribution in [0.2, 0.25) is 0 Å². The molecule has 152 valence electrons. The van der Waals surface area contributed by atoms with Gasteiger partial charge in [-0.2, -0.15) is 0 Å². The summed E-state index contributed by atoms with van der Waals surface area (Å²) in [6.45, 7) is 4.44. The number of hydrogen-bond acceptors (Lipinski definition) is 1. The van der Waals surface area contributed by atoms with E-state index in [0.29, 0.717) is 11.5 Å². The molecule has 0 spiro atoms. The molecule has 28 heavy (non-hydrogen) atoms. The fourth-order valence-corrected chi connectivity index (χ4v) is 4.58. The van der Waals surface area contributed by atoms with Gasteiger partial charge in [0.2, 0.25) is 0 Å². The van der Waals surface area contributed by atoms with Crippen LogP contribution < -0.4 is 0 Å². The van der Waals surface area contributed by atoms with Gasteiger partial charge in [-0.05, 0) is 79.7 Å². The predicted octanol–water partition coefficient (Wildman–Crippen LogP) is 8.08. The van der Waals surface area contributed by atoms with Crippen molar-refractivity contribution in [2.75, 3.05) is 0 Å². The zero-order valence-corrected chi connectivity index (χ0v) is 17.7. The standard InChI is InChI=1S/C26H36FN/c1-3-5-7-9-20-10-13-22(14-11-20)23-15-17-26(28-19-23)24-16-12-21(8-6-4-2)18-25(24)27/h12,15-20,22H,3-11,13-14H2,1-2H3. The maximum atomic E-state index is 14.5. The van der Waals surface area contributed by atoms with E-state index < -0.39 is 0 Å². The largest absolute Gasteiger partial charge is 0.256 e. The van der Waals surface area contributed by atoms with Gasteiger partial charge < -0.3 is 0 Å². The zero-order valence-electron chi connectivity index (χ0n) is 17.7. The van der Waals surface area contributed by atoms with Crippen LogP contribution in [0.15, 0.2) is 36.5 Å². The molecule has 3 rings (SSSR count). The lowest BCUT2D eigenvalue weighted by Crippen LogP contribution is -2.13. The summed E-state index contributed by atoms with van der Waals surface area (Å²) in [5.74, 6) is 1.40. The highest BCUT2D eigenvalue weighted by molar-refractivity contribution is 5.60. The molecule has 1 aliphatic rings. The molecule has 0 atom stereocenters. The number of halogens is 1. The molecule has 1 heterocycles. The van der Waals surface area contributed by atoms with Crippen LogP contribution in [0, 0.1) is 11.7 Å². The van der Waals surface area contributed by atoms with Gasteiger partial charge in [0.05, 0.1) is 5.69 Å². The Bertz CT molecular complexity index is 714. The molecule has 0 amide bonds. The average Bonchev–Trinajstić information content (AvgIpc) is 2.73. The molecule has 1 nitrogen and oxygen atoms in total. The summed E-state index contributed by atoms with van der Waals surface area (Å²) in [4.78, 5) is 4.62. The first-order valence-electron chi connectivity index (χ1n) is 11.5. The summed E-state index contributed by atoms with van der Waals surface area (Å²) in [6.07, 6.45) is 15.9. The highest BCUT2D eigenvalue weighted by Crippen LogP contribution is 2.38. The highest BCUT2D eigenvalue weighted by atomic mass is 19.1.